The van der Waals surface area contributed by atoms with Gasteiger partial charge in [0.05, 0.1) is 5.69 Å². The van der Waals surface area contributed by atoms with E-state index in [4.69, 9.17) is 4.42 Å². The van der Waals surface area contributed by atoms with Gasteiger partial charge < -0.3 is 13.8 Å². The number of rotatable bonds is 4. The van der Waals surface area contributed by atoms with E-state index in [2.05, 4.69) is 160 Å². The lowest BCUT2D eigenvalue weighted by molar-refractivity contribution is 0.139. The normalized spacial score (nSPS) is 28.7. The fraction of sp³-hybridized carbons (Fsp3) is 0.420. The van der Waals surface area contributed by atoms with Crippen LogP contribution < -0.4 is 15.8 Å². The third-order valence-corrected chi connectivity index (χ3v) is 22.7. The number of aromatic nitrogens is 1. The lowest BCUT2D eigenvalue weighted by Gasteiger charge is -2.46. The van der Waals surface area contributed by atoms with E-state index in [1.165, 1.54) is 189 Å². The zero-order valence-corrected chi connectivity index (χ0v) is 44.1. The molecule has 364 valence electrons. The summed E-state index contributed by atoms with van der Waals surface area (Å²) in [4.78, 5) is 2.76. The molecule has 0 radical (unpaired) electrons. The highest BCUT2D eigenvalue weighted by Crippen LogP contribution is 2.63. The Morgan fingerprint density at radius 3 is 2.19 bits per heavy atom. The molecule has 5 bridgehead atoms. The van der Waals surface area contributed by atoms with Crippen molar-refractivity contribution in [2.24, 2.45) is 29.6 Å². The molecule has 5 saturated carbocycles. The van der Waals surface area contributed by atoms with Crippen LogP contribution in [0.4, 0.5) is 17.1 Å². The Labute approximate surface area is 431 Å². The maximum absolute atomic E-state index is 7.40. The molecular weight excluding hydrogens is 884 g/mol. The molecule has 0 saturated heterocycles. The van der Waals surface area contributed by atoms with Gasteiger partial charge in [0, 0.05) is 60.5 Å². The molecule has 3 nitrogen and oxygen atoms in total. The highest BCUT2D eigenvalue weighted by Gasteiger charge is 2.54. The largest absolute Gasteiger partial charge is 0.455 e. The molecule has 6 atom stereocenters. The minimum atomic E-state index is -0.0548. The number of para-hydroxylation sites is 1. The van der Waals surface area contributed by atoms with Crippen LogP contribution in [0.2, 0.25) is 0 Å². The average Bonchev–Trinajstić information content (AvgIpc) is 4.11. The van der Waals surface area contributed by atoms with Crippen molar-refractivity contribution in [1.29, 1.82) is 0 Å². The van der Waals surface area contributed by atoms with Gasteiger partial charge in [0.1, 0.15) is 11.2 Å². The Morgan fingerprint density at radius 2 is 1.37 bits per heavy atom. The van der Waals surface area contributed by atoms with Gasteiger partial charge in [-0.15, -0.1) is 0 Å². The van der Waals surface area contributed by atoms with Gasteiger partial charge >= 0.3 is 6.85 Å². The van der Waals surface area contributed by atoms with Gasteiger partial charge in [-0.05, 0) is 222 Å². The molecule has 4 heteroatoms. The zero-order valence-electron chi connectivity index (χ0n) is 44.1. The van der Waals surface area contributed by atoms with Crippen molar-refractivity contribution in [2.75, 3.05) is 4.90 Å². The van der Waals surface area contributed by atoms with Crippen molar-refractivity contribution in [3.05, 3.63) is 137 Å². The van der Waals surface area contributed by atoms with Gasteiger partial charge in [0.2, 0.25) is 0 Å². The number of benzene rings is 7. The Bertz CT molecular complexity index is 3920. The first kappa shape index (κ1) is 42.6. The Morgan fingerprint density at radius 1 is 0.616 bits per heavy atom. The molecule has 4 heterocycles. The van der Waals surface area contributed by atoms with Crippen molar-refractivity contribution in [1.82, 2.24) is 4.48 Å². The van der Waals surface area contributed by atoms with E-state index >= 15 is 0 Å². The molecule has 0 amide bonds. The van der Waals surface area contributed by atoms with Crippen LogP contribution in [-0.4, -0.2) is 11.3 Å². The second-order valence-electron chi connectivity index (χ2n) is 27.3. The molecule has 7 aromatic carbocycles. The Kier molecular flexibility index (Phi) is 8.25. The fourth-order valence-electron chi connectivity index (χ4n) is 19.1. The monoisotopic (exact) mass is 953 g/mol. The van der Waals surface area contributed by atoms with Crippen molar-refractivity contribution < 1.29 is 4.42 Å². The predicted octanol–water partition coefficient (Wildman–Crippen LogP) is 17.2. The molecule has 0 N–H and O–H groups in total. The summed E-state index contributed by atoms with van der Waals surface area (Å²) in [5, 5.41) is 7.99. The summed E-state index contributed by atoms with van der Waals surface area (Å²) in [6.07, 6.45) is 19.0. The molecule has 17 rings (SSSR count). The van der Waals surface area contributed by atoms with E-state index in [1.807, 2.05) is 0 Å². The van der Waals surface area contributed by atoms with Crippen LogP contribution in [0, 0.1) is 36.5 Å². The third-order valence-electron chi connectivity index (χ3n) is 22.7. The van der Waals surface area contributed by atoms with Crippen LogP contribution in [0.1, 0.15) is 152 Å². The van der Waals surface area contributed by atoms with Gasteiger partial charge in [-0.25, -0.2) is 0 Å². The van der Waals surface area contributed by atoms with Crippen molar-refractivity contribution in [3.8, 4) is 11.1 Å². The van der Waals surface area contributed by atoms with E-state index in [9.17, 15) is 0 Å². The van der Waals surface area contributed by atoms with Crippen LogP contribution in [0.25, 0.3) is 65.6 Å². The van der Waals surface area contributed by atoms with Crippen molar-refractivity contribution in [3.63, 3.8) is 0 Å². The first-order chi connectivity index (χ1) is 35.4. The van der Waals surface area contributed by atoms with Gasteiger partial charge in [-0.3, -0.25) is 0 Å². The first-order valence-electron chi connectivity index (χ1n) is 29.0. The third kappa shape index (κ3) is 5.49. The molecule has 0 spiro atoms. The van der Waals surface area contributed by atoms with Crippen molar-refractivity contribution in [2.45, 2.75) is 153 Å². The van der Waals surface area contributed by atoms with Crippen LogP contribution in [0.15, 0.2) is 114 Å². The molecule has 8 aliphatic rings. The van der Waals surface area contributed by atoms with E-state index in [-0.39, 0.29) is 28.5 Å². The predicted molar refractivity (Wildman–Crippen MR) is 307 cm³/mol. The minimum Gasteiger partial charge on any atom is -0.455 e. The SMILES string of the molecule is CCC1(c2ccc3c(c2)c2cc(C45CCC6CC(CC6C4)C5)cc4c2n3B2c3ccc5ccccc5c3N(c3cc5c(cc3C)C(C)(C)CCC5(C)C)c3cc5c(oc6ccccc65)c-4c32)CC2CCC(C2)C1. The fourth-order valence-corrected chi connectivity index (χ4v) is 19.1. The summed E-state index contributed by atoms with van der Waals surface area (Å²) in [6, 6.07) is 44.4. The quantitative estimate of drug-likeness (QED) is 0.164. The zero-order chi connectivity index (χ0) is 48.7. The molecule has 2 aliphatic heterocycles. The summed E-state index contributed by atoms with van der Waals surface area (Å²) in [7, 11) is 0. The second-order valence-corrected chi connectivity index (χ2v) is 27.3. The summed E-state index contributed by atoms with van der Waals surface area (Å²) < 4.78 is 10.3. The highest BCUT2D eigenvalue weighted by atomic mass is 16.3. The maximum Gasteiger partial charge on any atom is 0.333 e. The summed E-state index contributed by atoms with van der Waals surface area (Å²) in [6.45, 7) is 14.8. The van der Waals surface area contributed by atoms with E-state index in [0.29, 0.717) is 0 Å². The van der Waals surface area contributed by atoms with Gasteiger partial charge in [-0.2, -0.15) is 0 Å². The van der Waals surface area contributed by atoms with E-state index < -0.39 is 0 Å². The highest BCUT2D eigenvalue weighted by molar-refractivity contribution is 6.90. The van der Waals surface area contributed by atoms with E-state index in [0.717, 1.165) is 40.8 Å². The Hall–Kier alpha value is -5.74. The average molecular weight is 953 g/mol. The smallest absolute Gasteiger partial charge is 0.333 e. The Balaban J connectivity index is 1.03. The molecule has 6 unspecified atom stereocenters. The molecule has 6 aliphatic carbocycles. The lowest BCUT2D eigenvalue weighted by Crippen LogP contribution is -2.56. The van der Waals surface area contributed by atoms with Gasteiger partial charge in [-0.1, -0.05) is 114 Å². The van der Waals surface area contributed by atoms with Crippen LogP contribution in [0.5, 0.6) is 0 Å². The molecular formula is C69H69BN2O. The van der Waals surface area contributed by atoms with Crippen LogP contribution in [-0.2, 0) is 21.7 Å². The number of nitrogens with zero attached hydrogens (tertiary/aromatic N) is 2. The van der Waals surface area contributed by atoms with Gasteiger partial charge in [0.15, 0.2) is 0 Å². The number of furan rings is 1. The lowest BCUT2D eigenvalue weighted by atomic mass is 9.44. The summed E-state index contributed by atoms with van der Waals surface area (Å²) >= 11 is 0. The standard InChI is InChI=1S/C69H69BN2O/c1-7-68(35-40-16-17-41(27-40)36-68)46-19-21-57-50(30-46)51-31-47(69-23-22-44-28-42(37-69)29-45(44)38-69)32-53-61-62-59(33-52-49-14-10-11-15-60(49)73-65(52)61)71(58-34-55-54(26-39(58)2)66(3,4)24-25-67(55,5)6)64-48-13-9-8-12-43(48)18-20-56(64)70(62)72(57)63(51)53/h8-15,18-21,26,30-34,40-42,44-45H,7,16-17,22-25,27-29,35-38H2,1-6H3. The van der Waals surface area contributed by atoms with Crippen LogP contribution >= 0.6 is 0 Å². The number of aryl methyl sites for hydroxylation is 1. The van der Waals surface area contributed by atoms with Crippen LogP contribution in [0.3, 0.4) is 0 Å². The number of fused-ring (bicyclic) bond motifs is 18. The van der Waals surface area contributed by atoms with Crippen molar-refractivity contribution >= 4 is 89.4 Å². The summed E-state index contributed by atoms with van der Waals surface area (Å²) in [5.74, 6) is 4.43. The number of hydrogen-bond donors (Lipinski definition) is 0. The summed E-state index contributed by atoms with van der Waals surface area (Å²) in [5.41, 5.74) is 22.5. The molecule has 2 aromatic heterocycles. The maximum atomic E-state index is 7.40. The molecule has 73 heavy (non-hydrogen) atoms. The van der Waals surface area contributed by atoms with E-state index in [1.54, 1.807) is 11.1 Å². The molecule has 9 aromatic rings. The van der Waals surface area contributed by atoms with Gasteiger partial charge in [0.25, 0.3) is 0 Å². The minimum absolute atomic E-state index is 0.0548. The topological polar surface area (TPSA) is 21.3 Å². The number of hydrogen-bond acceptors (Lipinski definition) is 2. The first-order valence-corrected chi connectivity index (χ1v) is 29.0. The molecule has 5 fully saturated rings. The second kappa shape index (κ2) is 14.1. The number of anilines is 3.